The van der Waals surface area contributed by atoms with Crippen LogP contribution in [0, 0.1) is 5.92 Å². The van der Waals surface area contributed by atoms with Crippen LogP contribution in [0.25, 0.3) is 5.52 Å². The second kappa shape index (κ2) is 4.42. The fourth-order valence-corrected chi connectivity index (χ4v) is 2.11. The maximum atomic E-state index is 12.0. The van der Waals surface area contributed by atoms with Crippen LogP contribution in [-0.4, -0.2) is 28.1 Å². The minimum absolute atomic E-state index is 0.0794. The summed E-state index contributed by atoms with van der Waals surface area (Å²) in [6, 6.07) is 5.73. The number of nitrogens with two attached hydrogens (primary N) is 1. The van der Waals surface area contributed by atoms with E-state index in [1.165, 1.54) is 12.8 Å². The van der Waals surface area contributed by atoms with Gasteiger partial charge in [0.15, 0.2) is 0 Å². The van der Waals surface area contributed by atoms with Gasteiger partial charge in [0.05, 0.1) is 17.3 Å². The lowest BCUT2D eigenvalue weighted by molar-refractivity contribution is 0.0952. The van der Waals surface area contributed by atoms with Crippen LogP contribution in [-0.2, 0) is 0 Å². The van der Waals surface area contributed by atoms with Crippen molar-refractivity contribution in [3.8, 4) is 0 Å². The molecule has 0 spiro atoms. The third-order valence-electron chi connectivity index (χ3n) is 3.40. The second-order valence-electron chi connectivity index (χ2n) is 4.80. The number of amides is 1. The molecule has 1 aliphatic carbocycles. The van der Waals surface area contributed by atoms with Crippen LogP contribution < -0.4 is 11.1 Å². The van der Waals surface area contributed by atoms with Crippen LogP contribution >= 0.6 is 0 Å². The maximum Gasteiger partial charge on any atom is 0.255 e. The van der Waals surface area contributed by atoms with Gasteiger partial charge in [0.25, 0.3) is 5.91 Å². The smallest absolute Gasteiger partial charge is 0.255 e. The van der Waals surface area contributed by atoms with Crippen LogP contribution in [0.2, 0.25) is 0 Å². The van der Waals surface area contributed by atoms with E-state index >= 15 is 0 Å². The Morgan fingerprint density at radius 3 is 3.17 bits per heavy atom. The van der Waals surface area contributed by atoms with E-state index in [4.69, 9.17) is 5.73 Å². The molecule has 1 unspecified atom stereocenters. The quantitative estimate of drug-likeness (QED) is 0.835. The van der Waals surface area contributed by atoms with Gasteiger partial charge < -0.3 is 11.1 Å². The molecule has 2 aromatic heterocycles. The molecular formula is C13H16N4O. The molecule has 2 heterocycles. The first-order valence-corrected chi connectivity index (χ1v) is 6.22. The number of pyridine rings is 1. The third kappa shape index (κ3) is 2.09. The summed E-state index contributed by atoms with van der Waals surface area (Å²) in [6.07, 6.45) is 5.79. The third-order valence-corrected chi connectivity index (χ3v) is 3.40. The number of hydrogen-bond donors (Lipinski definition) is 2. The van der Waals surface area contributed by atoms with Crippen molar-refractivity contribution in [1.29, 1.82) is 0 Å². The Morgan fingerprint density at radius 2 is 2.39 bits per heavy atom. The number of fused-ring (bicyclic) bond motifs is 1. The van der Waals surface area contributed by atoms with Gasteiger partial charge in [-0.1, -0.05) is 6.07 Å². The van der Waals surface area contributed by atoms with E-state index < -0.39 is 0 Å². The van der Waals surface area contributed by atoms with Crippen molar-refractivity contribution in [3.63, 3.8) is 0 Å². The number of rotatable bonds is 4. The standard InChI is InChI=1S/C13H16N4O/c14-11(9-4-5-9)8-15-13(18)10-7-16-17-6-2-1-3-12(10)17/h1-3,6-7,9,11H,4-5,8,14H2,(H,15,18). The van der Waals surface area contributed by atoms with Gasteiger partial charge in [0.1, 0.15) is 0 Å². The Morgan fingerprint density at radius 1 is 1.56 bits per heavy atom. The van der Waals surface area contributed by atoms with Crippen molar-refractivity contribution < 1.29 is 4.79 Å². The molecule has 3 rings (SSSR count). The Kier molecular flexibility index (Phi) is 2.76. The number of nitrogens with zero attached hydrogens (tertiary/aromatic N) is 2. The SMILES string of the molecule is NC(CNC(=O)c1cnn2ccccc12)C1CC1. The van der Waals surface area contributed by atoms with Crippen molar-refractivity contribution in [3.05, 3.63) is 36.2 Å². The summed E-state index contributed by atoms with van der Waals surface area (Å²) in [4.78, 5) is 12.0. The molecule has 1 aliphatic rings. The molecule has 0 aromatic carbocycles. The van der Waals surface area contributed by atoms with Gasteiger partial charge >= 0.3 is 0 Å². The molecule has 1 atom stereocenters. The van der Waals surface area contributed by atoms with Crippen LogP contribution in [0.5, 0.6) is 0 Å². The molecule has 0 bridgehead atoms. The normalized spacial score (nSPS) is 16.7. The first-order chi connectivity index (χ1) is 8.75. The monoisotopic (exact) mass is 244 g/mol. The van der Waals surface area contributed by atoms with E-state index in [0.29, 0.717) is 18.0 Å². The van der Waals surface area contributed by atoms with E-state index in [9.17, 15) is 4.79 Å². The highest BCUT2D eigenvalue weighted by atomic mass is 16.1. The molecule has 1 saturated carbocycles. The highest BCUT2D eigenvalue weighted by molar-refractivity contribution is 6.00. The molecule has 3 N–H and O–H groups in total. The molecule has 5 heteroatoms. The van der Waals surface area contributed by atoms with Gasteiger partial charge in [-0.2, -0.15) is 5.10 Å². The zero-order chi connectivity index (χ0) is 12.5. The highest BCUT2D eigenvalue weighted by Crippen LogP contribution is 2.31. The van der Waals surface area contributed by atoms with Crippen molar-refractivity contribution >= 4 is 11.4 Å². The Labute approximate surface area is 105 Å². The molecular weight excluding hydrogens is 228 g/mol. The summed E-state index contributed by atoms with van der Waals surface area (Å²) in [6.45, 7) is 0.535. The molecule has 0 aliphatic heterocycles. The zero-order valence-corrected chi connectivity index (χ0v) is 10.0. The van der Waals surface area contributed by atoms with Crippen molar-refractivity contribution in [2.75, 3.05) is 6.54 Å². The molecule has 5 nitrogen and oxygen atoms in total. The first-order valence-electron chi connectivity index (χ1n) is 6.22. The summed E-state index contributed by atoms with van der Waals surface area (Å²) in [5.74, 6) is 0.488. The lowest BCUT2D eigenvalue weighted by Gasteiger charge is -2.10. The van der Waals surface area contributed by atoms with Crippen molar-refractivity contribution in [2.45, 2.75) is 18.9 Å². The minimum atomic E-state index is -0.104. The number of carbonyl (C=O) groups is 1. The van der Waals surface area contributed by atoms with Crippen molar-refractivity contribution in [2.24, 2.45) is 11.7 Å². The van der Waals surface area contributed by atoms with Gasteiger partial charge in [-0.15, -0.1) is 0 Å². The molecule has 0 saturated heterocycles. The van der Waals surface area contributed by atoms with Gasteiger partial charge in [0.2, 0.25) is 0 Å². The Hall–Kier alpha value is -1.88. The number of carbonyl (C=O) groups excluding carboxylic acids is 1. The fraction of sp³-hybridized carbons (Fsp3) is 0.385. The van der Waals surface area contributed by atoms with Gasteiger partial charge in [-0.05, 0) is 30.9 Å². The van der Waals surface area contributed by atoms with Crippen molar-refractivity contribution in [1.82, 2.24) is 14.9 Å². The van der Waals surface area contributed by atoms with Crippen LogP contribution in [0.1, 0.15) is 23.2 Å². The molecule has 18 heavy (non-hydrogen) atoms. The van der Waals surface area contributed by atoms with E-state index in [1.807, 2.05) is 24.4 Å². The minimum Gasteiger partial charge on any atom is -0.350 e. The summed E-state index contributed by atoms with van der Waals surface area (Å²) in [5.41, 5.74) is 7.37. The molecule has 1 fully saturated rings. The molecule has 2 aromatic rings. The predicted octanol–water partition coefficient (Wildman–Crippen LogP) is 0.801. The van der Waals surface area contributed by atoms with Gasteiger partial charge in [-0.3, -0.25) is 4.79 Å². The second-order valence-corrected chi connectivity index (χ2v) is 4.80. The van der Waals surface area contributed by atoms with E-state index in [-0.39, 0.29) is 11.9 Å². The number of hydrogen-bond acceptors (Lipinski definition) is 3. The lowest BCUT2D eigenvalue weighted by Crippen LogP contribution is -2.38. The van der Waals surface area contributed by atoms with Crippen LogP contribution in [0.15, 0.2) is 30.6 Å². The lowest BCUT2D eigenvalue weighted by atomic mass is 10.2. The fourth-order valence-electron chi connectivity index (χ4n) is 2.11. The van der Waals surface area contributed by atoms with E-state index in [2.05, 4.69) is 10.4 Å². The summed E-state index contributed by atoms with van der Waals surface area (Å²) >= 11 is 0. The van der Waals surface area contributed by atoms with Gasteiger partial charge in [0, 0.05) is 18.8 Å². The predicted molar refractivity (Wildman–Crippen MR) is 68.2 cm³/mol. The first kappa shape index (κ1) is 11.2. The van der Waals surface area contributed by atoms with E-state index in [0.717, 1.165) is 5.52 Å². The van der Waals surface area contributed by atoms with Crippen LogP contribution in [0.3, 0.4) is 0 Å². The topological polar surface area (TPSA) is 72.4 Å². The Balaban J connectivity index is 1.71. The molecule has 0 radical (unpaired) electrons. The molecule has 1 amide bonds. The zero-order valence-electron chi connectivity index (χ0n) is 10.0. The summed E-state index contributed by atoms with van der Waals surface area (Å²) in [5, 5.41) is 7.02. The highest BCUT2D eigenvalue weighted by Gasteiger charge is 2.28. The van der Waals surface area contributed by atoms with E-state index in [1.54, 1.807) is 10.7 Å². The number of nitrogens with one attached hydrogen (secondary N) is 1. The maximum absolute atomic E-state index is 12.0. The van der Waals surface area contributed by atoms with Gasteiger partial charge in [-0.25, -0.2) is 4.52 Å². The average Bonchev–Trinajstić information content (AvgIpc) is 3.15. The average molecular weight is 244 g/mol. The summed E-state index contributed by atoms with van der Waals surface area (Å²) in [7, 11) is 0. The molecule has 94 valence electrons. The Bertz CT molecular complexity index is 573. The number of aromatic nitrogens is 2. The summed E-state index contributed by atoms with van der Waals surface area (Å²) < 4.78 is 1.69. The largest absolute Gasteiger partial charge is 0.350 e. The van der Waals surface area contributed by atoms with Crippen LogP contribution in [0.4, 0.5) is 0 Å².